The molecule has 1 aliphatic carbocycles. The lowest BCUT2D eigenvalue weighted by atomic mass is 9.94. The Kier molecular flexibility index (Phi) is 3.76. The molecule has 1 aromatic rings. The van der Waals surface area contributed by atoms with Crippen LogP contribution in [-0.4, -0.2) is 30.1 Å². The average molecular weight is 311 g/mol. The summed E-state index contributed by atoms with van der Waals surface area (Å²) in [5.74, 6) is -0.611. The van der Waals surface area contributed by atoms with Crippen LogP contribution in [0.1, 0.15) is 29.6 Å². The number of carboxylic acids is 1. The SMILES string of the molecule is O=C(O)C1CCC(C(=O)c2cc3c(cc2Cl)OCCO3)C1. The first-order chi connectivity index (χ1) is 10.1. The summed E-state index contributed by atoms with van der Waals surface area (Å²) in [6, 6.07) is 3.19. The summed E-state index contributed by atoms with van der Waals surface area (Å²) >= 11 is 6.16. The van der Waals surface area contributed by atoms with Crippen molar-refractivity contribution in [3.8, 4) is 11.5 Å². The third-order valence-corrected chi connectivity index (χ3v) is 4.36. The number of rotatable bonds is 3. The molecule has 112 valence electrons. The fourth-order valence-electron chi connectivity index (χ4n) is 2.92. The van der Waals surface area contributed by atoms with Gasteiger partial charge >= 0.3 is 5.97 Å². The zero-order chi connectivity index (χ0) is 15.0. The van der Waals surface area contributed by atoms with Gasteiger partial charge in [-0.25, -0.2) is 0 Å². The van der Waals surface area contributed by atoms with Gasteiger partial charge in [0, 0.05) is 17.5 Å². The van der Waals surface area contributed by atoms with Crippen LogP contribution in [0.25, 0.3) is 0 Å². The molecule has 0 bridgehead atoms. The van der Waals surface area contributed by atoms with Crippen LogP contribution >= 0.6 is 11.6 Å². The van der Waals surface area contributed by atoms with Crippen molar-refractivity contribution in [1.29, 1.82) is 0 Å². The number of hydrogen-bond acceptors (Lipinski definition) is 4. The second-order valence-electron chi connectivity index (χ2n) is 5.39. The zero-order valence-electron chi connectivity index (χ0n) is 11.3. The van der Waals surface area contributed by atoms with Crippen LogP contribution in [0.15, 0.2) is 12.1 Å². The quantitative estimate of drug-likeness (QED) is 0.869. The lowest BCUT2D eigenvalue weighted by Crippen LogP contribution is -2.18. The van der Waals surface area contributed by atoms with E-state index < -0.39 is 11.9 Å². The summed E-state index contributed by atoms with van der Waals surface area (Å²) in [6.07, 6.45) is 1.49. The van der Waals surface area contributed by atoms with E-state index in [1.54, 1.807) is 12.1 Å². The maximum absolute atomic E-state index is 12.5. The van der Waals surface area contributed by atoms with E-state index in [1.165, 1.54) is 0 Å². The number of carbonyl (C=O) groups excluding carboxylic acids is 1. The van der Waals surface area contributed by atoms with Gasteiger partial charge in [0.1, 0.15) is 13.2 Å². The van der Waals surface area contributed by atoms with Crippen LogP contribution in [-0.2, 0) is 4.79 Å². The first-order valence-electron chi connectivity index (χ1n) is 6.92. The molecule has 2 atom stereocenters. The molecule has 0 saturated heterocycles. The predicted molar refractivity (Wildman–Crippen MR) is 75.2 cm³/mol. The molecule has 0 amide bonds. The van der Waals surface area contributed by atoms with Crippen molar-refractivity contribution in [2.45, 2.75) is 19.3 Å². The minimum atomic E-state index is -0.835. The predicted octanol–water partition coefficient (Wildman–Crippen LogP) is 2.79. The Bertz CT molecular complexity index is 598. The first kappa shape index (κ1) is 14.2. The number of aliphatic carboxylic acids is 1. The number of carboxylic acid groups (broad SMARTS) is 1. The minimum absolute atomic E-state index is 0.110. The second kappa shape index (κ2) is 5.56. The molecule has 1 heterocycles. The van der Waals surface area contributed by atoms with E-state index in [0.717, 1.165) is 0 Å². The van der Waals surface area contributed by atoms with Crippen molar-refractivity contribution >= 4 is 23.4 Å². The van der Waals surface area contributed by atoms with E-state index in [0.29, 0.717) is 54.6 Å². The summed E-state index contributed by atoms with van der Waals surface area (Å²) in [5, 5.41) is 9.34. The molecule has 2 unspecified atom stereocenters. The Morgan fingerprint density at radius 3 is 2.33 bits per heavy atom. The molecule has 0 spiro atoms. The third kappa shape index (κ3) is 2.70. The highest BCUT2D eigenvalue weighted by Gasteiger charge is 2.35. The summed E-state index contributed by atoms with van der Waals surface area (Å²) < 4.78 is 10.9. The fourth-order valence-corrected chi connectivity index (χ4v) is 3.16. The molecule has 5 nitrogen and oxygen atoms in total. The van der Waals surface area contributed by atoms with Gasteiger partial charge in [-0.3, -0.25) is 9.59 Å². The van der Waals surface area contributed by atoms with Gasteiger partial charge in [0.15, 0.2) is 17.3 Å². The number of fused-ring (bicyclic) bond motifs is 1. The zero-order valence-corrected chi connectivity index (χ0v) is 12.1. The number of ketones is 1. The van der Waals surface area contributed by atoms with Crippen molar-refractivity contribution in [2.75, 3.05) is 13.2 Å². The fraction of sp³-hybridized carbons (Fsp3) is 0.467. The van der Waals surface area contributed by atoms with Crippen LogP contribution in [0.2, 0.25) is 5.02 Å². The van der Waals surface area contributed by atoms with E-state index in [2.05, 4.69) is 0 Å². The molecule has 2 aliphatic rings. The Morgan fingerprint density at radius 1 is 1.10 bits per heavy atom. The molecule has 1 N–H and O–H groups in total. The maximum Gasteiger partial charge on any atom is 0.306 e. The maximum atomic E-state index is 12.5. The molecule has 0 aromatic heterocycles. The number of ether oxygens (including phenoxy) is 2. The van der Waals surface area contributed by atoms with Crippen molar-refractivity contribution < 1.29 is 24.2 Å². The lowest BCUT2D eigenvalue weighted by Gasteiger charge is -2.20. The van der Waals surface area contributed by atoms with Gasteiger partial charge in [-0.05, 0) is 25.3 Å². The number of carbonyl (C=O) groups is 2. The van der Waals surface area contributed by atoms with E-state index in [9.17, 15) is 9.59 Å². The summed E-state index contributed by atoms with van der Waals surface area (Å²) in [6.45, 7) is 0.895. The largest absolute Gasteiger partial charge is 0.486 e. The molecule has 1 saturated carbocycles. The highest BCUT2D eigenvalue weighted by Crippen LogP contribution is 2.39. The van der Waals surface area contributed by atoms with Gasteiger partial charge in [-0.1, -0.05) is 11.6 Å². The van der Waals surface area contributed by atoms with Crippen molar-refractivity contribution in [3.05, 3.63) is 22.7 Å². The molecule has 6 heteroatoms. The van der Waals surface area contributed by atoms with E-state index in [-0.39, 0.29) is 11.7 Å². The smallest absolute Gasteiger partial charge is 0.306 e. The molecule has 1 fully saturated rings. The van der Waals surface area contributed by atoms with Crippen LogP contribution in [0.4, 0.5) is 0 Å². The Balaban J connectivity index is 1.83. The molecular weight excluding hydrogens is 296 g/mol. The van der Waals surface area contributed by atoms with Crippen molar-refractivity contribution in [1.82, 2.24) is 0 Å². The molecular formula is C15H15ClO5. The standard InChI is InChI=1S/C15H15ClO5/c16-11-7-13-12(20-3-4-21-13)6-10(11)14(17)8-1-2-9(5-8)15(18)19/h6-9H,1-5H2,(H,18,19). The van der Waals surface area contributed by atoms with Gasteiger partial charge < -0.3 is 14.6 Å². The number of hydrogen-bond donors (Lipinski definition) is 1. The van der Waals surface area contributed by atoms with Crippen molar-refractivity contribution in [2.24, 2.45) is 11.8 Å². The van der Waals surface area contributed by atoms with Gasteiger partial charge in [-0.2, -0.15) is 0 Å². The molecule has 0 radical (unpaired) electrons. The van der Waals surface area contributed by atoms with Gasteiger partial charge in [-0.15, -0.1) is 0 Å². The normalized spacial score (nSPS) is 23.9. The molecule has 1 aromatic carbocycles. The summed E-state index contributed by atoms with van der Waals surface area (Å²) in [4.78, 5) is 23.5. The van der Waals surface area contributed by atoms with Crippen LogP contribution < -0.4 is 9.47 Å². The Labute approximate surface area is 126 Å². The topological polar surface area (TPSA) is 72.8 Å². The number of benzene rings is 1. The minimum Gasteiger partial charge on any atom is -0.486 e. The second-order valence-corrected chi connectivity index (χ2v) is 5.79. The van der Waals surface area contributed by atoms with E-state index in [4.69, 9.17) is 26.2 Å². The first-order valence-corrected chi connectivity index (χ1v) is 7.30. The molecule has 1 aliphatic heterocycles. The van der Waals surface area contributed by atoms with Crippen LogP contribution in [0.5, 0.6) is 11.5 Å². The molecule has 3 rings (SSSR count). The highest BCUT2D eigenvalue weighted by molar-refractivity contribution is 6.34. The Hall–Kier alpha value is -1.75. The Morgan fingerprint density at radius 2 is 1.71 bits per heavy atom. The third-order valence-electron chi connectivity index (χ3n) is 4.05. The number of Topliss-reactive ketones (excluding diaryl/α,β-unsaturated/α-hetero) is 1. The van der Waals surface area contributed by atoms with Gasteiger partial charge in [0.05, 0.1) is 10.9 Å². The van der Waals surface area contributed by atoms with Crippen molar-refractivity contribution in [3.63, 3.8) is 0 Å². The van der Waals surface area contributed by atoms with Gasteiger partial charge in [0.25, 0.3) is 0 Å². The van der Waals surface area contributed by atoms with E-state index >= 15 is 0 Å². The van der Waals surface area contributed by atoms with Crippen LogP contribution in [0.3, 0.4) is 0 Å². The summed E-state index contributed by atoms with van der Waals surface area (Å²) in [5.41, 5.74) is 0.386. The average Bonchev–Trinajstić information content (AvgIpc) is 2.96. The van der Waals surface area contributed by atoms with Gasteiger partial charge in [0.2, 0.25) is 0 Å². The van der Waals surface area contributed by atoms with Crippen LogP contribution in [0, 0.1) is 11.8 Å². The monoisotopic (exact) mass is 310 g/mol. The van der Waals surface area contributed by atoms with E-state index in [1.807, 2.05) is 0 Å². The highest BCUT2D eigenvalue weighted by atomic mass is 35.5. The summed E-state index contributed by atoms with van der Waals surface area (Å²) in [7, 11) is 0. The number of halogens is 1. The molecule has 21 heavy (non-hydrogen) atoms. The lowest BCUT2D eigenvalue weighted by molar-refractivity contribution is -0.141.